The molecule has 2 N–H and O–H groups in total. The fraction of sp³-hybridized carbons (Fsp3) is 0.517. The number of benzene rings is 2. The van der Waals surface area contributed by atoms with Crippen LogP contribution in [0.5, 0.6) is 0 Å². The van der Waals surface area contributed by atoms with Crippen LogP contribution < -0.4 is 10.4 Å². The lowest BCUT2D eigenvalue weighted by molar-refractivity contribution is -0.308. The number of carbonyl (C=O) groups excluding carboxylic acids is 2. The van der Waals surface area contributed by atoms with Gasteiger partial charge in [-0.3, -0.25) is 4.79 Å². The molecule has 3 rings (SSSR count). The lowest BCUT2D eigenvalue weighted by Crippen LogP contribution is -2.48. The number of aliphatic carboxylic acids is 1. The number of carbonyl (C=O) groups is 2. The van der Waals surface area contributed by atoms with Gasteiger partial charge in [-0.15, -0.1) is 0 Å². The standard InChI is InChI=1S/C29H39NO5S/c1-20-8-6-7-11-24(20)26-17-22(18-35-19-23(31)16-21-9-4-3-5-10-21)12-13-25(26)28(32)30-27(29(33)34)14-15-36-2/h6-8,11-13,17,21,23,27,31H,3-5,9-10,14-16,18-19H2,1-2H3,(H,30,32)(H,33,34)/p-1/t23-,27-/m0/s1. The molecule has 1 aliphatic rings. The minimum absolute atomic E-state index is 0.279. The smallest absolute Gasteiger partial charge is 0.252 e. The molecule has 0 saturated heterocycles. The number of ether oxygens (including phenoxy) is 1. The summed E-state index contributed by atoms with van der Waals surface area (Å²) in [5, 5.41) is 24.6. The number of carboxylic acids is 1. The van der Waals surface area contributed by atoms with E-state index in [9.17, 15) is 19.8 Å². The summed E-state index contributed by atoms with van der Waals surface area (Å²) in [5.41, 5.74) is 3.91. The van der Waals surface area contributed by atoms with Crippen LogP contribution in [0.2, 0.25) is 0 Å². The summed E-state index contributed by atoms with van der Waals surface area (Å²) in [6.07, 6.45) is 8.67. The Morgan fingerprint density at radius 1 is 1.14 bits per heavy atom. The van der Waals surface area contributed by atoms with Crippen molar-refractivity contribution in [1.82, 2.24) is 5.32 Å². The highest BCUT2D eigenvalue weighted by atomic mass is 32.2. The van der Waals surface area contributed by atoms with E-state index >= 15 is 0 Å². The van der Waals surface area contributed by atoms with Crippen LogP contribution in [0.3, 0.4) is 0 Å². The lowest BCUT2D eigenvalue weighted by Gasteiger charge is -2.24. The van der Waals surface area contributed by atoms with Crippen molar-refractivity contribution >= 4 is 23.6 Å². The van der Waals surface area contributed by atoms with Crippen LogP contribution >= 0.6 is 11.8 Å². The van der Waals surface area contributed by atoms with Gasteiger partial charge < -0.3 is 25.1 Å². The summed E-state index contributed by atoms with van der Waals surface area (Å²) < 4.78 is 5.85. The van der Waals surface area contributed by atoms with Gasteiger partial charge in [0.15, 0.2) is 0 Å². The van der Waals surface area contributed by atoms with Crippen LogP contribution in [0.1, 0.15) is 66.4 Å². The topological polar surface area (TPSA) is 98.7 Å². The molecule has 0 aromatic heterocycles. The van der Waals surface area contributed by atoms with Crippen LogP contribution in [0, 0.1) is 12.8 Å². The first-order valence-corrected chi connectivity index (χ1v) is 14.2. The molecule has 1 saturated carbocycles. The molecule has 1 aliphatic carbocycles. The maximum Gasteiger partial charge on any atom is 0.252 e. The van der Waals surface area contributed by atoms with Crippen molar-refractivity contribution in [3.8, 4) is 11.1 Å². The SMILES string of the molecule is CSCC[C@H](NC(=O)c1ccc(COC[C@@H](O)CC2CCCCC2)cc1-c1ccccc1C)C(=O)[O-]. The normalized spacial score (nSPS) is 15.9. The molecule has 0 aliphatic heterocycles. The summed E-state index contributed by atoms with van der Waals surface area (Å²) >= 11 is 1.52. The predicted molar refractivity (Wildman–Crippen MR) is 143 cm³/mol. The van der Waals surface area contributed by atoms with Crippen LogP contribution in [-0.2, 0) is 16.1 Å². The monoisotopic (exact) mass is 512 g/mol. The van der Waals surface area contributed by atoms with Crippen LogP contribution in [0.15, 0.2) is 42.5 Å². The Hall–Kier alpha value is -2.35. The second kappa shape index (κ2) is 14.4. The van der Waals surface area contributed by atoms with Crippen molar-refractivity contribution in [2.24, 2.45) is 5.92 Å². The van der Waals surface area contributed by atoms with E-state index in [1.165, 1.54) is 43.9 Å². The molecular weight excluding hydrogens is 474 g/mol. The Balaban J connectivity index is 1.73. The fourth-order valence-corrected chi connectivity index (χ4v) is 5.36. The Labute approximate surface area is 218 Å². The number of aryl methyl sites for hydroxylation is 1. The van der Waals surface area contributed by atoms with Crippen molar-refractivity contribution in [1.29, 1.82) is 0 Å². The molecule has 2 aromatic rings. The van der Waals surface area contributed by atoms with Gasteiger partial charge in [0, 0.05) is 5.56 Å². The molecule has 0 unspecified atom stereocenters. The molecule has 0 radical (unpaired) electrons. The third-order valence-electron chi connectivity index (χ3n) is 6.87. The van der Waals surface area contributed by atoms with Crippen LogP contribution in [-0.4, -0.2) is 47.7 Å². The molecule has 6 nitrogen and oxygen atoms in total. The van der Waals surface area contributed by atoms with E-state index < -0.39 is 24.0 Å². The zero-order valence-corrected chi connectivity index (χ0v) is 22.1. The summed E-state index contributed by atoms with van der Waals surface area (Å²) in [5.74, 6) is -0.541. The zero-order valence-electron chi connectivity index (χ0n) is 21.3. The third kappa shape index (κ3) is 8.36. The first-order valence-electron chi connectivity index (χ1n) is 12.8. The average Bonchev–Trinajstić information content (AvgIpc) is 2.87. The molecule has 1 amide bonds. The molecule has 7 heteroatoms. The number of rotatable bonds is 13. The van der Waals surface area contributed by atoms with Crippen LogP contribution in [0.25, 0.3) is 11.1 Å². The molecule has 196 valence electrons. The number of amides is 1. The second-order valence-electron chi connectivity index (χ2n) is 9.73. The molecular formula is C29H38NO5S-. The zero-order chi connectivity index (χ0) is 25.9. The summed E-state index contributed by atoms with van der Waals surface area (Å²) in [6, 6.07) is 12.2. The molecule has 0 heterocycles. The number of hydrogen-bond donors (Lipinski definition) is 2. The van der Waals surface area contributed by atoms with E-state index in [1.807, 2.05) is 49.6 Å². The van der Waals surface area contributed by atoms with Crippen LogP contribution in [0.4, 0.5) is 0 Å². The van der Waals surface area contributed by atoms with Gasteiger partial charge in [-0.2, -0.15) is 11.8 Å². The van der Waals surface area contributed by atoms with Crippen molar-refractivity contribution < 1.29 is 24.5 Å². The molecule has 0 spiro atoms. The van der Waals surface area contributed by atoms with E-state index in [4.69, 9.17) is 4.74 Å². The minimum atomic E-state index is -1.29. The van der Waals surface area contributed by atoms with Gasteiger partial charge in [0.05, 0.1) is 31.3 Å². The molecule has 2 atom stereocenters. The van der Waals surface area contributed by atoms with Gasteiger partial charge in [0.1, 0.15) is 0 Å². The Morgan fingerprint density at radius 3 is 2.58 bits per heavy atom. The highest BCUT2D eigenvalue weighted by Crippen LogP contribution is 2.29. The number of thioether (sulfide) groups is 1. The van der Waals surface area contributed by atoms with Gasteiger partial charge in [-0.1, -0.05) is 62.4 Å². The number of aliphatic hydroxyl groups excluding tert-OH is 1. The number of carboxylic acid groups (broad SMARTS) is 1. The fourth-order valence-electron chi connectivity index (χ4n) is 4.89. The van der Waals surface area contributed by atoms with Crippen molar-refractivity contribution in [2.75, 3.05) is 18.6 Å². The van der Waals surface area contributed by atoms with Crippen molar-refractivity contribution in [3.63, 3.8) is 0 Å². The van der Waals surface area contributed by atoms with Gasteiger partial charge in [-0.05, 0) is 72.1 Å². The Bertz CT molecular complexity index is 1000. The minimum Gasteiger partial charge on any atom is -0.548 e. The van der Waals surface area contributed by atoms with E-state index in [2.05, 4.69) is 5.32 Å². The van der Waals surface area contributed by atoms with E-state index in [1.54, 1.807) is 6.07 Å². The Kier molecular flexibility index (Phi) is 11.3. The maximum absolute atomic E-state index is 13.2. The highest BCUT2D eigenvalue weighted by Gasteiger charge is 2.20. The summed E-state index contributed by atoms with van der Waals surface area (Å²) in [4.78, 5) is 24.7. The molecule has 36 heavy (non-hydrogen) atoms. The summed E-state index contributed by atoms with van der Waals surface area (Å²) in [6.45, 7) is 2.57. The van der Waals surface area contributed by atoms with Gasteiger partial charge in [-0.25, -0.2) is 0 Å². The quantitative estimate of drug-likeness (QED) is 0.419. The first-order chi connectivity index (χ1) is 17.4. The number of hydrogen-bond acceptors (Lipinski definition) is 6. The highest BCUT2D eigenvalue weighted by molar-refractivity contribution is 7.98. The molecule has 0 bridgehead atoms. The first kappa shape index (κ1) is 28.2. The Morgan fingerprint density at radius 2 is 1.89 bits per heavy atom. The van der Waals surface area contributed by atoms with E-state index in [-0.39, 0.29) is 6.61 Å². The molecule has 1 fully saturated rings. The maximum atomic E-state index is 13.2. The van der Waals surface area contributed by atoms with Gasteiger partial charge >= 0.3 is 0 Å². The largest absolute Gasteiger partial charge is 0.548 e. The lowest BCUT2D eigenvalue weighted by atomic mass is 9.85. The van der Waals surface area contributed by atoms with Crippen molar-refractivity contribution in [2.45, 2.75) is 70.6 Å². The molecule has 2 aromatic carbocycles. The second-order valence-corrected chi connectivity index (χ2v) is 10.7. The third-order valence-corrected chi connectivity index (χ3v) is 7.52. The van der Waals surface area contributed by atoms with E-state index in [0.29, 0.717) is 30.3 Å². The number of nitrogens with one attached hydrogen (secondary N) is 1. The van der Waals surface area contributed by atoms with Gasteiger partial charge in [0.25, 0.3) is 5.91 Å². The number of aliphatic hydroxyl groups is 1. The average molecular weight is 513 g/mol. The summed E-state index contributed by atoms with van der Waals surface area (Å²) in [7, 11) is 0. The predicted octanol–water partition coefficient (Wildman–Crippen LogP) is 4.11. The van der Waals surface area contributed by atoms with Crippen molar-refractivity contribution in [3.05, 3.63) is 59.2 Å². The van der Waals surface area contributed by atoms with Gasteiger partial charge in [0.2, 0.25) is 0 Å². The van der Waals surface area contributed by atoms with E-state index in [0.717, 1.165) is 28.7 Å².